The molecule has 5 heteroatoms. The SMILES string of the molecule is CC1(C)CC(=O)C(C(C2=C(O)CC(C)(C)CC2=O)c2ccco2)=C(O)C1. The van der Waals surface area contributed by atoms with Gasteiger partial charge in [-0.1, -0.05) is 27.7 Å². The zero-order valence-electron chi connectivity index (χ0n) is 15.8. The third-order valence-corrected chi connectivity index (χ3v) is 5.20. The summed E-state index contributed by atoms with van der Waals surface area (Å²) in [7, 11) is 0. The van der Waals surface area contributed by atoms with Gasteiger partial charge < -0.3 is 14.6 Å². The van der Waals surface area contributed by atoms with Gasteiger partial charge in [0.25, 0.3) is 0 Å². The molecule has 0 aromatic carbocycles. The van der Waals surface area contributed by atoms with Gasteiger partial charge in [-0.2, -0.15) is 0 Å². The van der Waals surface area contributed by atoms with Crippen LogP contribution in [-0.4, -0.2) is 21.8 Å². The van der Waals surface area contributed by atoms with E-state index < -0.39 is 5.92 Å². The zero-order valence-corrected chi connectivity index (χ0v) is 15.8. The van der Waals surface area contributed by atoms with Crippen LogP contribution in [0.4, 0.5) is 0 Å². The van der Waals surface area contributed by atoms with Crippen molar-refractivity contribution in [3.05, 3.63) is 46.8 Å². The fourth-order valence-corrected chi connectivity index (χ4v) is 4.14. The third kappa shape index (κ3) is 3.35. The molecule has 1 aromatic rings. The Morgan fingerprint density at radius 2 is 1.35 bits per heavy atom. The summed E-state index contributed by atoms with van der Waals surface area (Å²) >= 11 is 0. The Hall–Kier alpha value is -2.30. The third-order valence-electron chi connectivity index (χ3n) is 5.20. The van der Waals surface area contributed by atoms with E-state index in [1.165, 1.54) is 6.26 Å². The van der Waals surface area contributed by atoms with E-state index >= 15 is 0 Å². The van der Waals surface area contributed by atoms with E-state index in [0.717, 1.165) is 0 Å². The molecule has 0 amide bonds. The Labute approximate surface area is 153 Å². The number of hydrogen-bond donors (Lipinski definition) is 2. The summed E-state index contributed by atoms with van der Waals surface area (Å²) in [6.07, 6.45) is 2.71. The van der Waals surface area contributed by atoms with E-state index in [0.29, 0.717) is 18.6 Å². The average molecular weight is 358 g/mol. The molecule has 0 aliphatic heterocycles. The van der Waals surface area contributed by atoms with Crippen LogP contribution < -0.4 is 0 Å². The van der Waals surface area contributed by atoms with Gasteiger partial charge in [0.05, 0.1) is 12.2 Å². The largest absolute Gasteiger partial charge is 0.512 e. The van der Waals surface area contributed by atoms with E-state index in [1.807, 2.05) is 27.7 Å². The predicted octanol–water partition coefficient (Wildman–Crippen LogP) is 4.77. The summed E-state index contributed by atoms with van der Waals surface area (Å²) in [4.78, 5) is 25.7. The van der Waals surface area contributed by atoms with Crippen LogP contribution in [-0.2, 0) is 9.59 Å². The Kier molecular flexibility index (Phi) is 4.37. The Morgan fingerprint density at radius 1 is 0.885 bits per heavy atom. The second-order valence-electron chi connectivity index (χ2n) is 9.05. The van der Waals surface area contributed by atoms with Crippen molar-refractivity contribution in [3.63, 3.8) is 0 Å². The van der Waals surface area contributed by atoms with Crippen LogP contribution in [0.25, 0.3) is 0 Å². The standard InChI is InChI=1S/C21H26O5/c1-20(2)8-12(22)17(13(23)9-20)19(16-6-5-7-26-16)18-14(24)10-21(3,4)11-15(18)25/h5-7,19,22,24H,8-11H2,1-4H3. The molecule has 26 heavy (non-hydrogen) atoms. The summed E-state index contributed by atoms with van der Waals surface area (Å²) in [6, 6.07) is 3.34. The van der Waals surface area contributed by atoms with Crippen LogP contribution in [0.1, 0.15) is 65.1 Å². The minimum Gasteiger partial charge on any atom is -0.512 e. The van der Waals surface area contributed by atoms with Gasteiger partial charge >= 0.3 is 0 Å². The number of aliphatic hydroxyl groups is 2. The summed E-state index contributed by atoms with van der Waals surface area (Å²) in [5.74, 6) is -0.946. The van der Waals surface area contributed by atoms with Crippen molar-refractivity contribution in [2.24, 2.45) is 10.8 Å². The van der Waals surface area contributed by atoms with E-state index in [-0.39, 0.29) is 57.9 Å². The first-order valence-electron chi connectivity index (χ1n) is 8.95. The van der Waals surface area contributed by atoms with Gasteiger partial charge in [0.15, 0.2) is 11.6 Å². The molecular formula is C21H26O5. The number of hydrogen-bond acceptors (Lipinski definition) is 5. The minimum absolute atomic E-state index is 0.0226. The summed E-state index contributed by atoms with van der Waals surface area (Å²) in [6.45, 7) is 7.69. The number of carbonyl (C=O) groups excluding carboxylic acids is 2. The Balaban J connectivity index is 2.18. The van der Waals surface area contributed by atoms with Crippen LogP contribution >= 0.6 is 0 Å². The molecule has 0 unspecified atom stereocenters. The maximum atomic E-state index is 12.9. The van der Waals surface area contributed by atoms with Gasteiger partial charge in [0, 0.05) is 36.8 Å². The molecule has 5 nitrogen and oxygen atoms in total. The van der Waals surface area contributed by atoms with Crippen molar-refractivity contribution in [2.75, 3.05) is 0 Å². The van der Waals surface area contributed by atoms with Crippen LogP contribution in [0.2, 0.25) is 0 Å². The highest BCUT2D eigenvalue weighted by atomic mass is 16.3. The molecule has 0 saturated carbocycles. The lowest BCUT2D eigenvalue weighted by atomic mass is 9.68. The maximum Gasteiger partial charge on any atom is 0.163 e. The van der Waals surface area contributed by atoms with Gasteiger partial charge in [-0.15, -0.1) is 0 Å². The van der Waals surface area contributed by atoms with Gasteiger partial charge in [-0.25, -0.2) is 0 Å². The fourth-order valence-electron chi connectivity index (χ4n) is 4.14. The zero-order chi connectivity index (χ0) is 19.3. The van der Waals surface area contributed by atoms with Gasteiger partial charge in [-0.05, 0) is 23.0 Å². The molecule has 1 aromatic heterocycles. The molecule has 0 spiro atoms. The average Bonchev–Trinajstić information content (AvgIpc) is 2.95. The Morgan fingerprint density at radius 3 is 1.69 bits per heavy atom. The van der Waals surface area contributed by atoms with Crippen molar-refractivity contribution in [3.8, 4) is 0 Å². The molecule has 0 bridgehead atoms. The number of carbonyl (C=O) groups is 2. The smallest absolute Gasteiger partial charge is 0.163 e. The summed E-state index contributed by atoms with van der Waals surface area (Å²) in [5.41, 5.74) is -0.330. The van der Waals surface area contributed by atoms with E-state index in [2.05, 4.69) is 0 Å². The summed E-state index contributed by atoms with van der Waals surface area (Å²) in [5, 5.41) is 21.3. The molecular weight excluding hydrogens is 332 g/mol. The number of ketones is 2. The van der Waals surface area contributed by atoms with E-state index in [1.54, 1.807) is 12.1 Å². The molecule has 0 radical (unpaired) electrons. The molecule has 2 aliphatic rings. The normalized spacial score (nSPS) is 23.1. The van der Waals surface area contributed by atoms with Crippen LogP contribution in [0, 0.1) is 10.8 Å². The van der Waals surface area contributed by atoms with Crippen molar-refractivity contribution in [1.82, 2.24) is 0 Å². The molecule has 0 saturated heterocycles. The number of allylic oxidation sites excluding steroid dienone is 4. The highest BCUT2D eigenvalue weighted by Gasteiger charge is 2.44. The quantitative estimate of drug-likeness (QED) is 0.813. The number of rotatable bonds is 3. The second kappa shape index (κ2) is 6.15. The molecule has 2 aliphatic carbocycles. The first-order valence-corrected chi connectivity index (χ1v) is 8.95. The number of Topliss-reactive ketones (excluding diaryl/α,β-unsaturated/α-hetero) is 2. The molecule has 3 rings (SSSR count). The molecule has 0 atom stereocenters. The lowest BCUT2D eigenvalue weighted by Crippen LogP contribution is -2.33. The van der Waals surface area contributed by atoms with Crippen LogP contribution in [0.5, 0.6) is 0 Å². The predicted molar refractivity (Wildman–Crippen MR) is 96.8 cm³/mol. The maximum absolute atomic E-state index is 12.9. The second-order valence-corrected chi connectivity index (χ2v) is 9.05. The first-order chi connectivity index (χ1) is 12.0. The fraction of sp³-hybridized carbons (Fsp3) is 0.524. The lowest BCUT2D eigenvalue weighted by Gasteiger charge is -2.35. The van der Waals surface area contributed by atoms with Gasteiger partial charge in [0.2, 0.25) is 0 Å². The molecule has 1 heterocycles. The Bertz CT molecular complexity index is 753. The van der Waals surface area contributed by atoms with Crippen molar-refractivity contribution < 1.29 is 24.2 Å². The monoisotopic (exact) mass is 358 g/mol. The molecule has 2 N–H and O–H groups in total. The molecule has 140 valence electrons. The van der Waals surface area contributed by atoms with Gasteiger partial charge in [-0.3, -0.25) is 9.59 Å². The highest BCUT2D eigenvalue weighted by molar-refractivity contribution is 6.05. The minimum atomic E-state index is -0.864. The van der Waals surface area contributed by atoms with Crippen LogP contribution in [0.15, 0.2) is 45.5 Å². The summed E-state index contributed by atoms with van der Waals surface area (Å²) < 4.78 is 5.50. The topological polar surface area (TPSA) is 87.7 Å². The van der Waals surface area contributed by atoms with Crippen molar-refractivity contribution in [1.29, 1.82) is 0 Å². The highest BCUT2D eigenvalue weighted by Crippen LogP contribution is 2.47. The van der Waals surface area contributed by atoms with Crippen molar-refractivity contribution in [2.45, 2.75) is 59.3 Å². The number of furan rings is 1. The molecule has 0 fully saturated rings. The van der Waals surface area contributed by atoms with Crippen LogP contribution in [0.3, 0.4) is 0 Å². The van der Waals surface area contributed by atoms with Crippen molar-refractivity contribution >= 4 is 11.6 Å². The number of aliphatic hydroxyl groups excluding tert-OH is 2. The van der Waals surface area contributed by atoms with E-state index in [4.69, 9.17) is 4.42 Å². The van der Waals surface area contributed by atoms with Gasteiger partial charge in [0.1, 0.15) is 17.3 Å². The van der Waals surface area contributed by atoms with E-state index in [9.17, 15) is 19.8 Å². The lowest BCUT2D eigenvalue weighted by molar-refractivity contribution is -0.119. The first kappa shape index (κ1) is 18.5.